The molecule has 2 N–H and O–H groups in total. The SMILES string of the molecule is CC(C)Oc1ccccc1CC(=O)NCCCO. The highest BCUT2D eigenvalue weighted by atomic mass is 16.5. The number of para-hydroxylation sites is 1. The van der Waals surface area contributed by atoms with Gasteiger partial charge in [0.2, 0.25) is 5.91 Å². The van der Waals surface area contributed by atoms with Gasteiger partial charge in [0.25, 0.3) is 0 Å². The van der Waals surface area contributed by atoms with E-state index in [1.165, 1.54) is 0 Å². The summed E-state index contributed by atoms with van der Waals surface area (Å²) in [4.78, 5) is 11.7. The average molecular weight is 251 g/mol. The highest BCUT2D eigenvalue weighted by molar-refractivity contribution is 5.79. The maximum atomic E-state index is 11.7. The van der Waals surface area contributed by atoms with E-state index in [0.29, 0.717) is 19.4 Å². The Morgan fingerprint density at radius 3 is 2.78 bits per heavy atom. The predicted octanol–water partition coefficient (Wildman–Crippen LogP) is 1.51. The van der Waals surface area contributed by atoms with Crippen LogP contribution in [0.4, 0.5) is 0 Å². The standard InChI is InChI=1S/C14H21NO3/c1-11(2)18-13-7-4-3-6-12(13)10-14(17)15-8-5-9-16/h3-4,6-7,11,16H,5,8-10H2,1-2H3,(H,15,17). The summed E-state index contributed by atoms with van der Waals surface area (Å²) in [6.07, 6.45) is 0.966. The van der Waals surface area contributed by atoms with Crippen molar-refractivity contribution < 1.29 is 14.6 Å². The van der Waals surface area contributed by atoms with Crippen LogP contribution in [0.1, 0.15) is 25.8 Å². The third-order valence-electron chi connectivity index (χ3n) is 2.34. The number of carbonyl (C=O) groups excluding carboxylic acids is 1. The van der Waals surface area contributed by atoms with Gasteiger partial charge >= 0.3 is 0 Å². The Bertz CT molecular complexity index is 377. The summed E-state index contributed by atoms with van der Waals surface area (Å²) in [6.45, 7) is 4.51. The molecule has 0 aliphatic carbocycles. The van der Waals surface area contributed by atoms with E-state index < -0.39 is 0 Å². The second-order valence-electron chi connectivity index (χ2n) is 4.38. The molecular weight excluding hydrogens is 230 g/mol. The van der Waals surface area contributed by atoms with Crippen molar-refractivity contribution in [2.24, 2.45) is 0 Å². The number of ether oxygens (including phenoxy) is 1. The van der Waals surface area contributed by atoms with Gasteiger partial charge in [-0.3, -0.25) is 4.79 Å². The van der Waals surface area contributed by atoms with Crippen LogP contribution in [0.3, 0.4) is 0 Å². The maximum Gasteiger partial charge on any atom is 0.224 e. The van der Waals surface area contributed by atoms with Crippen LogP contribution in [0, 0.1) is 0 Å². The number of benzene rings is 1. The Balaban J connectivity index is 2.57. The molecule has 0 spiro atoms. The Kier molecular flexibility index (Phi) is 6.22. The molecule has 4 heteroatoms. The summed E-state index contributed by atoms with van der Waals surface area (Å²) in [7, 11) is 0. The molecule has 1 rings (SSSR count). The molecule has 0 aromatic heterocycles. The molecule has 0 fully saturated rings. The summed E-state index contributed by atoms with van der Waals surface area (Å²) < 4.78 is 5.65. The van der Waals surface area contributed by atoms with E-state index in [1.54, 1.807) is 0 Å². The first-order valence-corrected chi connectivity index (χ1v) is 6.25. The predicted molar refractivity (Wildman–Crippen MR) is 70.6 cm³/mol. The van der Waals surface area contributed by atoms with E-state index in [4.69, 9.17) is 9.84 Å². The first-order valence-electron chi connectivity index (χ1n) is 6.25. The summed E-state index contributed by atoms with van der Waals surface area (Å²) in [5.41, 5.74) is 0.882. The van der Waals surface area contributed by atoms with E-state index in [1.807, 2.05) is 38.1 Å². The summed E-state index contributed by atoms with van der Waals surface area (Å²) in [6, 6.07) is 7.55. The monoisotopic (exact) mass is 251 g/mol. The van der Waals surface area contributed by atoms with Gasteiger partial charge in [0.05, 0.1) is 12.5 Å². The highest BCUT2D eigenvalue weighted by Gasteiger charge is 2.09. The minimum Gasteiger partial charge on any atom is -0.491 e. The van der Waals surface area contributed by atoms with Crippen LogP contribution in [0.5, 0.6) is 5.75 Å². The molecular formula is C14H21NO3. The number of amides is 1. The Hall–Kier alpha value is -1.55. The molecule has 0 aliphatic rings. The third kappa shape index (κ3) is 5.19. The lowest BCUT2D eigenvalue weighted by Gasteiger charge is -2.14. The first-order chi connectivity index (χ1) is 8.63. The molecule has 0 bridgehead atoms. The topological polar surface area (TPSA) is 58.6 Å². The lowest BCUT2D eigenvalue weighted by atomic mass is 10.1. The number of rotatable bonds is 7. The van der Waals surface area contributed by atoms with E-state index in [2.05, 4.69) is 5.32 Å². The van der Waals surface area contributed by atoms with Crippen LogP contribution >= 0.6 is 0 Å². The molecule has 0 atom stereocenters. The van der Waals surface area contributed by atoms with Gasteiger partial charge in [-0.15, -0.1) is 0 Å². The van der Waals surface area contributed by atoms with Crippen LogP contribution in [0.2, 0.25) is 0 Å². The zero-order chi connectivity index (χ0) is 13.4. The molecule has 0 unspecified atom stereocenters. The molecule has 0 aliphatic heterocycles. The molecule has 1 aromatic carbocycles. The van der Waals surface area contributed by atoms with Crippen LogP contribution in [0.15, 0.2) is 24.3 Å². The number of hydrogen-bond donors (Lipinski definition) is 2. The molecule has 18 heavy (non-hydrogen) atoms. The van der Waals surface area contributed by atoms with Crippen molar-refractivity contribution in [3.63, 3.8) is 0 Å². The van der Waals surface area contributed by atoms with E-state index in [-0.39, 0.29) is 18.6 Å². The molecule has 1 aromatic rings. The number of hydrogen-bond acceptors (Lipinski definition) is 3. The smallest absolute Gasteiger partial charge is 0.224 e. The van der Waals surface area contributed by atoms with Crippen LogP contribution in [-0.2, 0) is 11.2 Å². The van der Waals surface area contributed by atoms with Crippen molar-refractivity contribution in [2.45, 2.75) is 32.8 Å². The highest BCUT2D eigenvalue weighted by Crippen LogP contribution is 2.19. The fourth-order valence-electron chi connectivity index (χ4n) is 1.56. The quantitative estimate of drug-likeness (QED) is 0.722. The summed E-state index contributed by atoms with van der Waals surface area (Å²) in [5.74, 6) is 0.702. The zero-order valence-corrected chi connectivity index (χ0v) is 11.0. The Morgan fingerprint density at radius 2 is 2.11 bits per heavy atom. The molecule has 0 radical (unpaired) electrons. The van der Waals surface area contributed by atoms with Gasteiger partial charge in [0.1, 0.15) is 5.75 Å². The molecule has 1 amide bonds. The number of nitrogens with one attached hydrogen (secondary N) is 1. The van der Waals surface area contributed by atoms with Gasteiger partial charge in [-0.2, -0.15) is 0 Å². The van der Waals surface area contributed by atoms with Crippen molar-refractivity contribution in [3.05, 3.63) is 29.8 Å². The first kappa shape index (κ1) is 14.5. The third-order valence-corrected chi connectivity index (χ3v) is 2.34. The summed E-state index contributed by atoms with van der Waals surface area (Å²) >= 11 is 0. The number of aliphatic hydroxyl groups excluding tert-OH is 1. The van der Waals surface area contributed by atoms with Gasteiger partial charge in [-0.1, -0.05) is 18.2 Å². The number of carbonyl (C=O) groups is 1. The van der Waals surface area contributed by atoms with Gasteiger partial charge in [-0.05, 0) is 26.3 Å². The van der Waals surface area contributed by atoms with Crippen molar-refractivity contribution in [3.8, 4) is 5.75 Å². The van der Waals surface area contributed by atoms with Crippen molar-refractivity contribution in [1.82, 2.24) is 5.32 Å². The van der Waals surface area contributed by atoms with E-state index >= 15 is 0 Å². The second kappa shape index (κ2) is 7.71. The largest absolute Gasteiger partial charge is 0.491 e. The van der Waals surface area contributed by atoms with E-state index in [9.17, 15) is 4.79 Å². The van der Waals surface area contributed by atoms with Gasteiger partial charge in [-0.25, -0.2) is 0 Å². The van der Waals surface area contributed by atoms with Crippen LogP contribution in [-0.4, -0.2) is 30.3 Å². The van der Waals surface area contributed by atoms with Gasteiger partial charge in [0, 0.05) is 18.7 Å². The van der Waals surface area contributed by atoms with Crippen molar-refractivity contribution in [1.29, 1.82) is 0 Å². The normalized spacial score (nSPS) is 10.4. The average Bonchev–Trinajstić information content (AvgIpc) is 2.31. The van der Waals surface area contributed by atoms with E-state index in [0.717, 1.165) is 11.3 Å². The molecule has 0 saturated carbocycles. The van der Waals surface area contributed by atoms with Crippen molar-refractivity contribution in [2.75, 3.05) is 13.2 Å². The minimum absolute atomic E-state index is 0.0525. The lowest BCUT2D eigenvalue weighted by molar-refractivity contribution is -0.120. The van der Waals surface area contributed by atoms with Gasteiger partial charge in [0.15, 0.2) is 0 Å². The Labute approximate surface area is 108 Å². The fraction of sp³-hybridized carbons (Fsp3) is 0.500. The van der Waals surface area contributed by atoms with Crippen LogP contribution < -0.4 is 10.1 Å². The van der Waals surface area contributed by atoms with Gasteiger partial charge < -0.3 is 15.2 Å². The molecule has 100 valence electrons. The minimum atomic E-state index is -0.0525. The number of aliphatic hydroxyl groups is 1. The maximum absolute atomic E-state index is 11.7. The van der Waals surface area contributed by atoms with Crippen LogP contribution in [0.25, 0.3) is 0 Å². The second-order valence-corrected chi connectivity index (χ2v) is 4.38. The lowest BCUT2D eigenvalue weighted by Crippen LogP contribution is -2.26. The van der Waals surface area contributed by atoms with Crippen molar-refractivity contribution >= 4 is 5.91 Å². The zero-order valence-electron chi connectivity index (χ0n) is 11.0. The molecule has 4 nitrogen and oxygen atoms in total. The molecule has 0 heterocycles. The fourth-order valence-corrected chi connectivity index (χ4v) is 1.56. The summed E-state index contributed by atoms with van der Waals surface area (Å²) in [5, 5.41) is 11.4. The Morgan fingerprint density at radius 1 is 1.39 bits per heavy atom. The molecule has 0 saturated heterocycles.